The zero-order valence-electron chi connectivity index (χ0n) is 12.5. The van der Waals surface area contributed by atoms with Crippen molar-refractivity contribution in [1.29, 1.82) is 0 Å². The average molecular weight is 257 g/mol. The maximum atomic E-state index is 4.60. The van der Waals surface area contributed by atoms with Gasteiger partial charge in [0.05, 0.1) is 5.69 Å². The summed E-state index contributed by atoms with van der Waals surface area (Å²) in [6, 6.07) is 9.09. The van der Waals surface area contributed by atoms with Crippen molar-refractivity contribution in [3.05, 3.63) is 41.2 Å². The van der Waals surface area contributed by atoms with Gasteiger partial charge in [-0.2, -0.15) is 5.10 Å². The van der Waals surface area contributed by atoms with Crippen LogP contribution in [0.25, 0.3) is 11.1 Å². The van der Waals surface area contributed by atoms with Gasteiger partial charge in [0, 0.05) is 23.8 Å². The molecule has 0 aliphatic heterocycles. The molecule has 1 unspecified atom stereocenters. The summed E-state index contributed by atoms with van der Waals surface area (Å²) >= 11 is 0. The van der Waals surface area contributed by atoms with E-state index in [1.54, 1.807) is 0 Å². The van der Waals surface area contributed by atoms with E-state index >= 15 is 0 Å². The van der Waals surface area contributed by atoms with Gasteiger partial charge in [-0.05, 0) is 51.9 Å². The van der Waals surface area contributed by atoms with Crippen molar-refractivity contribution in [2.75, 3.05) is 7.05 Å². The Morgan fingerprint density at radius 1 is 1.32 bits per heavy atom. The van der Waals surface area contributed by atoms with Gasteiger partial charge in [-0.1, -0.05) is 18.2 Å². The van der Waals surface area contributed by atoms with Crippen molar-refractivity contribution in [2.24, 2.45) is 0 Å². The monoisotopic (exact) mass is 257 g/mol. The van der Waals surface area contributed by atoms with Crippen LogP contribution in [0.5, 0.6) is 0 Å². The van der Waals surface area contributed by atoms with Gasteiger partial charge in [-0.15, -0.1) is 0 Å². The highest BCUT2D eigenvalue weighted by atomic mass is 15.3. The van der Waals surface area contributed by atoms with Crippen LogP contribution < -0.4 is 5.32 Å². The van der Waals surface area contributed by atoms with E-state index in [1.165, 1.54) is 22.4 Å². The first-order valence-corrected chi connectivity index (χ1v) is 6.90. The number of nitrogens with one attached hydrogen (secondary N) is 1. The number of hydrogen-bond donors (Lipinski definition) is 1. The summed E-state index contributed by atoms with van der Waals surface area (Å²) in [7, 11) is 1.99. The minimum absolute atomic E-state index is 0.363. The molecule has 3 heteroatoms. The zero-order chi connectivity index (χ0) is 14.0. The lowest BCUT2D eigenvalue weighted by Crippen LogP contribution is -2.12. The molecule has 1 aromatic heterocycles. The molecule has 0 fully saturated rings. The molecule has 0 aliphatic carbocycles. The molecule has 0 saturated carbocycles. The van der Waals surface area contributed by atoms with E-state index in [-0.39, 0.29) is 0 Å². The van der Waals surface area contributed by atoms with Crippen LogP contribution in [0.2, 0.25) is 0 Å². The molecule has 1 heterocycles. The fraction of sp³-hybridized carbons (Fsp3) is 0.438. The molecular formula is C16H23N3. The predicted octanol–water partition coefficient (Wildman–Crippen LogP) is 3.47. The summed E-state index contributed by atoms with van der Waals surface area (Å²) < 4.78 is 2.07. The van der Waals surface area contributed by atoms with Gasteiger partial charge in [-0.3, -0.25) is 4.68 Å². The van der Waals surface area contributed by atoms with E-state index in [9.17, 15) is 0 Å². The van der Waals surface area contributed by atoms with E-state index in [2.05, 4.69) is 67.1 Å². The Labute approximate surface area is 115 Å². The molecule has 0 saturated heterocycles. The molecule has 2 aromatic rings. The Morgan fingerprint density at radius 3 is 2.63 bits per heavy atom. The number of rotatable bonds is 4. The maximum Gasteiger partial charge on any atom is 0.0674 e. The summed E-state index contributed by atoms with van der Waals surface area (Å²) in [5.41, 5.74) is 6.19. The van der Waals surface area contributed by atoms with Gasteiger partial charge in [0.1, 0.15) is 0 Å². The Morgan fingerprint density at radius 2 is 2.05 bits per heavy atom. The number of benzene rings is 1. The standard InChI is InChI=1S/C16H23N3/c1-6-19-13(4)16(12(3)18-19)15-9-7-8-14(10-15)11(2)17-5/h7-11,17H,6H2,1-5H3. The van der Waals surface area contributed by atoms with Crippen molar-refractivity contribution in [2.45, 2.75) is 40.3 Å². The van der Waals surface area contributed by atoms with Crippen molar-refractivity contribution in [1.82, 2.24) is 15.1 Å². The van der Waals surface area contributed by atoms with Crippen molar-refractivity contribution in [3.63, 3.8) is 0 Å². The third-order valence-corrected chi connectivity index (χ3v) is 3.79. The van der Waals surface area contributed by atoms with Crippen LogP contribution in [0, 0.1) is 13.8 Å². The summed E-state index contributed by atoms with van der Waals surface area (Å²) in [6.07, 6.45) is 0. The second kappa shape index (κ2) is 5.57. The number of aromatic nitrogens is 2. The summed E-state index contributed by atoms with van der Waals surface area (Å²) in [6.45, 7) is 9.45. The molecule has 0 amide bonds. The van der Waals surface area contributed by atoms with Gasteiger partial charge in [0.2, 0.25) is 0 Å². The van der Waals surface area contributed by atoms with Crippen LogP contribution in [0.3, 0.4) is 0 Å². The van der Waals surface area contributed by atoms with Gasteiger partial charge in [-0.25, -0.2) is 0 Å². The molecule has 0 spiro atoms. The highest BCUT2D eigenvalue weighted by Gasteiger charge is 2.13. The molecule has 1 N–H and O–H groups in total. The summed E-state index contributed by atoms with van der Waals surface area (Å²) in [5.74, 6) is 0. The second-order valence-electron chi connectivity index (χ2n) is 5.00. The first-order chi connectivity index (χ1) is 9.08. The van der Waals surface area contributed by atoms with Gasteiger partial charge in [0.15, 0.2) is 0 Å². The van der Waals surface area contributed by atoms with Crippen LogP contribution in [0.15, 0.2) is 24.3 Å². The SMILES string of the molecule is CCn1nc(C)c(-c2cccc(C(C)NC)c2)c1C. The Balaban J connectivity index is 2.50. The molecule has 3 nitrogen and oxygen atoms in total. The lowest BCUT2D eigenvalue weighted by Gasteiger charge is -2.12. The van der Waals surface area contributed by atoms with Crippen molar-refractivity contribution in [3.8, 4) is 11.1 Å². The fourth-order valence-electron chi connectivity index (χ4n) is 2.55. The molecule has 0 radical (unpaired) electrons. The first-order valence-electron chi connectivity index (χ1n) is 6.90. The second-order valence-corrected chi connectivity index (χ2v) is 5.00. The molecule has 0 aliphatic rings. The van der Waals surface area contributed by atoms with E-state index in [0.29, 0.717) is 6.04 Å². The normalized spacial score (nSPS) is 12.7. The number of nitrogens with zero attached hydrogens (tertiary/aromatic N) is 2. The number of hydrogen-bond acceptors (Lipinski definition) is 2. The maximum absolute atomic E-state index is 4.60. The Kier molecular flexibility index (Phi) is 4.05. The lowest BCUT2D eigenvalue weighted by atomic mass is 9.99. The molecular weight excluding hydrogens is 234 g/mol. The Bertz CT molecular complexity index is 569. The van der Waals surface area contributed by atoms with Crippen molar-refractivity contribution < 1.29 is 0 Å². The van der Waals surface area contributed by atoms with E-state index < -0.39 is 0 Å². The van der Waals surface area contributed by atoms with E-state index in [1.807, 2.05) is 7.05 Å². The minimum Gasteiger partial charge on any atom is -0.313 e. The summed E-state index contributed by atoms with van der Waals surface area (Å²) in [5, 5.41) is 7.89. The fourth-order valence-corrected chi connectivity index (χ4v) is 2.55. The van der Waals surface area contributed by atoms with Crippen LogP contribution in [0.4, 0.5) is 0 Å². The quantitative estimate of drug-likeness (QED) is 0.909. The van der Waals surface area contributed by atoms with Crippen LogP contribution in [-0.2, 0) is 6.54 Å². The van der Waals surface area contributed by atoms with Crippen molar-refractivity contribution >= 4 is 0 Å². The highest BCUT2D eigenvalue weighted by Crippen LogP contribution is 2.28. The van der Waals surface area contributed by atoms with Gasteiger partial charge >= 0.3 is 0 Å². The van der Waals surface area contributed by atoms with Gasteiger partial charge in [0.25, 0.3) is 0 Å². The molecule has 19 heavy (non-hydrogen) atoms. The molecule has 102 valence electrons. The van der Waals surface area contributed by atoms with E-state index in [0.717, 1.165) is 12.2 Å². The topological polar surface area (TPSA) is 29.9 Å². The largest absolute Gasteiger partial charge is 0.313 e. The van der Waals surface area contributed by atoms with Gasteiger partial charge < -0.3 is 5.32 Å². The zero-order valence-corrected chi connectivity index (χ0v) is 12.5. The minimum atomic E-state index is 0.363. The molecule has 0 bridgehead atoms. The molecule has 2 rings (SSSR count). The average Bonchev–Trinajstić information content (AvgIpc) is 2.72. The summed E-state index contributed by atoms with van der Waals surface area (Å²) in [4.78, 5) is 0. The molecule has 1 atom stereocenters. The highest BCUT2D eigenvalue weighted by molar-refractivity contribution is 5.69. The third-order valence-electron chi connectivity index (χ3n) is 3.79. The smallest absolute Gasteiger partial charge is 0.0674 e. The van der Waals surface area contributed by atoms with E-state index in [4.69, 9.17) is 0 Å². The van der Waals surface area contributed by atoms with Crippen LogP contribution in [-0.4, -0.2) is 16.8 Å². The molecule has 1 aromatic carbocycles. The first kappa shape index (κ1) is 13.8. The lowest BCUT2D eigenvalue weighted by molar-refractivity contribution is 0.634. The van der Waals surface area contributed by atoms with Crippen LogP contribution >= 0.6 is 0 Å². The predicted molar refractivity (Wildman–Crippen MR) is 80.3 cm³/mol. The Hall–Kier alpha value is -1.61. The number of aryl methyl sites for hydroxylation is 2. The van der Waals surface area contributed by atoms with Crippen LogP contribution in [0.1, 0.15) is 36.8 Å². The third kappa shape index (κ3) is 2.56.